The van der Waals surface area contributed by atoms with E-state index in [9.17, 15) is 4.79 Å². The van der Waals surface area contributed by atoms with Crippen molar-refractivity contribution in [1.82, 2.24) is 29.7 Å². The van der Waals surface area contributed by atoms with Gasteiger partial charge in [0.2, 0.25) is 0 Å². The third-order valence-electron chi connectivity index (χ3n) is 6.06. The molecule has 168 valence electrons. The number of urea groups is 1. The second kappa shape index (κ2) is 9.83. The minimum absolute atomic E-state index is 0.0197. The molecule has 0 radical (unpaired) electrons. The maximum absolute atomic E-state index is 12.6. The van der Waals surface area contributed by atoms with Gasteiger partial charge in [-0.25, -0.2) is 14.8 Å². The fourth-order valence-corrected chi connectivity index (χ4v) is 4.29. The Morgan fingerprint density at radius 1 is 0.879 bits per heavy atom. The van der Waals surface area contributed by atoms with Gasteiger partial charge in [-0.2, -0.15) is 0 Å². The molecule has 0 atom stereocenters. The van der Waals surface area contributed by atoms with Gasteiger partial charge in [0.25, 0.3) is 0 Å². The smallest absolute Gasteiger partial charge is 0.317 e. The molecule has 0 spiro atoms. The Balaban J connectivity index is 1.20. The molecule has 33 heavy (non-hydrogen) atoms. The van der Waals surface area contributed by atoms with Gasteiger partial charge >= 0.3 is 6.03 Å². The number of hydrogen-bond acceptors (Lipinski definition) is 4. The first-order valence-corrected chi connectivity index (χ1v) is 11.4. The number of pyridine rings is 1. The number of para-hydroxylation sites is 1. The average molecular weight is 441 g/mol. The van der Waals surface area contributed by atoms with Crippen LogP contribution in [0.5, 0.6) is 0 Å². The zero-order valence-electron chi connectivity index (χ0n) is 18.6. The molecule has 1 fully saturated rings. The van der Waals surface area contributed by atoms with Gasteiger partial charge in [0, 0.05) is 44.6 Å². The molecule has 0 aliphatic carbocycles. The van der Waals surface area contributed by atoms with Crippen LogP contribution in [0.25, 0.3) is 16.9 Å². The number of nitrogens with one attached hydrogen (secondary N) is 1. The van der Waals surface area contributed by atoms with E-state index in [-0.39, 0.29) is 6.03 Å². The molecule has 1 aliphatic rings. The fraction of sp³-hybridized carbons (Fsp3) is 0.269. The van der Waals surface area contributed by atoms with Gasteiger partial charge in [0.05, 0.1) is 6.54 Å². The van der Waals surface area contributed by atoms with Crippen molar-refractivity contribution >= 4 is 17.2 Å². The molecule has 1 aliphatic heterocycles. The molecule has 1 N–H and O–H groups in total. The Hall–Kier alpha value is -3.71. The van der Waals surface area contributed by atoms with E-state index < -0.39 is 0 Å². The molecular weight excluding hydrogens is 412 g/mol. The number of imidazole rings is 1. The first-order valence-electron chi connectivity index (χ1n) is 11.4. The summed E-state index contributed by atoms with van der Waals surface area (Å²) < 4.78 is 2.14. The molecule has 2 aromatic carbocycles. The van der Waals surface area contributed by atoms with Crippen molar-refractivity contribution in [3.8, 4) is 5.69 Å². The van der Waals surface area contributed by atoms with E-state index >= 15 is 0 Å². The van der Waals surface area contributed by atoms with E-state index in [0.29, 0.717) is 26.2 Å². The van der Waals surface area contributed by atoms with Crippen LogP contribution in [0.2, 0.25) is 0 Å². The van der Waals surface area contributed by atoms with E-state index in [1.807, 2.05) is 59.6 Å². The summed E-state index contributed by atoms with van der Waals surface area (Å²) in [5, 5.41) is 3.06. The van der Waals surface area contributed by atoms with Crippen LogP contribution in [0.15, 0.2) is 79.0 Å². The van der Waals surface area contributed by atoms with Crippen LogP contribution in [0.4, 0.5) is 4.79 Å². The number of nitrogens with zero attached hydrogens (tertiary/aromatic N) is 5. The second-order valence-corrected chi connectivity index (χ2v) is 8.28. The molecule has 7 nitrogen and oxygen atoms in total. The SMILES string of the molecule is O=C(NCCc1ccccc1)N1CCN(Cc2nc3cccnc3n2-c2ccccc2)CC1. The van der Waals surface area contributed by atoms with Crippen molar-refractivity contribution in [1.29, 1.82) is 0 Å². The largest absolute Gasteiger partial charge is 0.338 e. The van der Waals surface area contributed by atoms with Crippen molar-refractivity contribution in [3.05, 3.63) is 90.4 Å². The molecule has 2 amide bonds. The molecule has 1 saturated heterocycles. The van der Waals surface area contributed by atoms with E-state index in [4.69, 9.17) is 4.98 Å². The zero-order chi connectivity index (χ0) is 22.5. The number of carbonyl (C=O) groups excluding carboxylic acids is 1. The summed E-state index contributed by atoms with van der Waals surface area (Å²) in [6.07, 6.45) is 2.65. The zero-order valence-corrected chi connectivity index (χ0v) is 18.6. The number of hydrogen-bond donors (Lipinski definition) is 1. The van der Waals surface area contributed by atoms with E-state index in [1.165, 1.54) is 5.56 Å². The average Bonchev–Trinajstić information content (AvgIpc) is 3.23. The van der Waals surface area contributed by atoms with Crippen molar-refractivity contribution < 1.29 is 4.79 Å². The van der Waals surface area contributed by atoms with Gasteiger partial charge in [-0.3, -0.25) is 9.47 Å². The summed E-state index contributed by atoms with van der Waals surface area (Å²) in [5.74, 6) is 0.968. The molecule has 2 aromatic heterocycles. The first kappa shape index (κ1) is 21.2. The van der Waals surface area contributed by atoms with Crippen LogP contribution in [0.3, 0.4) is 0 Å². The normalized spacial score (nSPS) is 14.5. The molecule has 4 aromatic rings. The highest BCUT2D eigenvalue weighted by molar-refractivity contribution is 5.74. The molecular formula is C26H28N6O. The third kappa shape index (κ3) is 4.88. The number of benzene rings is 2. The summed E-state index contributed by atoms with van der Waals surface area (Å²) in [4.78, 5) is 26.3. The van der Waals surface area contributed by atoms with Gasteiger partial charge in [0.1, 0.15) is 11.3 Å². The second-order valence-electron chi connectivity index (χ2n) is 8.28. The lowest BCUT2D eigenvalue weighted by Crippen LogP contribution is -2.51. The Labute approximate surface area is 193 Å². The van der Waals surface area contributed by atoms with E-state index in [0.717, 1.165) is 42.2 Å². The van der Waals surface area contributed by atoms with Gasteiger partial charge in [0.15, 0.2) is 5.65 Å². The number of piperazine rings is 1. The number of amides is 2. The lowest BCUT2D eigenvalue weighted by Gasteiger charge is -2.34. The number of aromatic nitrogens is 3. The Morgan fingerprint density at radius 2 is 1.61 bits per heavy atom. The predicted molar refractivity (Wildman–Crippen MR) is 129 cm³/mol. The molecule has 3 heterocycles. The summed E-state index contributed by atoms with van der Waals surface area (Å²) >= 11 is 0. The van der Waals surface area contributed by atoms with Gasteiger partial charge in [-0.15, -0.1) is 0 Å². The van der Waals surface area contributed by atoms with Crippen molar-refractivity contribution in [3.63, 3.8) is 0 Å². The lowest BCUT2D eigenvalue weighted by atomic mass is 10.1. The highest BCUT2D eigenvalue weighted by atomic mass is 16.2. The molecule has 0 saturated carbocycles. The monoisotopic (exact) mass is 440 g/mol. The van der Waals surface area contributed by atoms with Gasteiger partial charge in [-0.05, 0) is 36.2 Å². The maximum Gasteiger partial charge on any atom is 0.317 e. The number of rotatable bonds is 6. The van der Waals surface area contributed by atoms with Crippen LogP contribution in [0.1, 0.15) is 11.4 Å². The van der Waals surface area contributed by atoms with Crippen molar-refractivity contribution in [2.75, 3.05) is 32.7 Å². The van der Waals surface area contributed by atoms with Crippen LogP contribution < -0.4 is 5.32 Å². The fourth-order valence-electron chi connectivity index (χ4n) is 4.29. The standard InChI is InChI=1S/C26H28N6O/c33-26(28-15-13-21-8-3-1-4-9-21)31-18-16-30(17-19-31)20-24-29-23-12-7-14-27-25(23)32(24)22-10-5-2-6-11-22/h1-12,14H,13,15-20H2,(H,28,33). The Kier molecular flexibility index (Phi) is 6.30. The quantitative estimate of drug-likeness (QED) is 0.499. The number of fused-ring (bicyclic) bond motifs is 1. The topological polar surface area (TPSA) is 66.3 Å². The van der Waals surface area contributed by atoms with E-state index in [1.54, 1.807) is 0 Å². The predicted octanol–water partition coefficient (Wildman–Crippen LogP) is 3.49. The molecule has 5 rings (SSSR count). The first-order chi connectivity index (χ1) is 16.3. The van der Waals surface area contributed by atoms with Crippen LogP contribution in [0, 0.1) is 0 Å². The highest BCUT2D eigenvalue weighted by Crippen LogP contribution is 2.21. The highest BCUT2D eigenvalue weighted by Gasteiger charge is 2.23. The summed E-state index contributed by atoms with van der Waals surface area (Å²) in [5.41, 5.74) is 4.06. The summed E-state index contributed by atoms with van der Waals surface area (Å²) in [7, 11) is 0. The Morgan fingerprint density at radius 3 is 2.36 bits per heavy atom. The van der Waals surface area contributed by atoms with Crippen molar-refractivity contribution in [2.24, 2.45) is 0 Å². The number of carbonyl (C=O) groups is 1. The minimum Gasteiger partial charge on any atom is -0.338 e. The van der Waals surface area contributed by atoms with Gasteiger partial charge in [-0.1, -0.05) is 48.5 Å². The van der Waals surface area contributed by atoms with Gasteiger partial charge < -0.3 is 10.2 Å². The Bertz CT molecular complexity index is 1200. The molecule has 0 bridgehead atoms. The van der Waals surface area contributed by atoms with Crippen LogP contribution in [-0.4, -0.2) is 63.1 Å². The van der Waals surface area contributed by atoms with Crippen molar-refractivity contribution in [2.45, 2.75) is 13.0 Å². The summed E-state index contributed by atoms with van der Waals surface area (Å²) in [6.45, 7) is 4.42. The molecule has 0 unspecified atom stereocenters. The van der Waals surface area contributed by atoms with E-state index in [2.05, 4.69) is 44.0 Å². The summed E-state index contributed by atoms with van der Waals surface area (Å²) in [6, 6.07) is 24.4. The minimum atomic E-state index is 0.0197. The molecule has 7 heteroatoms. The lowest BCUT2D eigenvalue weighted by molar-refractivity contribution is 0.133. The van der Waals surface area contributed by atoms with Crippen LogP contribution >= 0.6 is 0 Å². The van der Waals surface area contributed by atoms with Crippen LogP contribution in [-0.2, 0) is 13.0 Å². The third-order valence-corrected chi connectivity index (χ3v) is 6.06. The maximum atomic E-state index is 12.6.